The number of furan rings is 1. The molecule has 2 aromatic rings. The van der Waals surface area contributed by atoms with Crippen molar-refractivity contribution in [3.63, 3.8) is 0 Å². The third-order valence-corrected chi connectivity index (χ3v) is 4.25. The van der Waals surface area contributed by atoms with Crippen LogP contribution >= 0.6 is 0 Å². The standard InChI is InChI=1S/C18H19N3O3/c1-23-18(22)17-15(6-11-24-17)13-20-7-9-21(10-8-20)16-5-3-2-4-14(16)12-19/h2-6,11H,7-10,13H2,1H3. The lowest BCUT2D eigenvalue weighted by Gasteiger charge is -2.36. The highest BCUT2D eigenvalue weighted by atomic mass is 16.5. The highest BCUT2D eigenvalue weighted by Gasteiger charge is 2.22. The van der Waals surface area contributed by atoms with Gasteiger partial charge in [-0.05, 0) is 18.2 Å². The summed E-state index contributed by atoms with van der Waals surface area (Å²) in [5.41, 5.74) is 2.53. The summed E-state index contributed by atoms with van der Waals surface area (Å²) >= 11 is 0. The monoisotopic (exact) mass is 325 g/mol. The van der Waals surface area contributed by atoms with Crippen LogP contribution in [-0.2, 0) is 11.3 Å². The maximum atomic E-state index is 11.7. The molecule has 0 bridgehead atoms. The second-order valence-electron chi connectivity index (χ2n) is 5.66. The normalized spacial score (nSPS) is 15.1. The molecule has 0 atom stereocenters. The minimum Gasteiger partial charge on any atom is -0.463 e. The van der Waals surface area contributed by atoms with Crippen molar-refractivity contribution in [2.75, 3.05) is 38.2 Å². The average molecular weight is 325 g/mol. The van der Waals surface area contributed by atoms with Crippen LogP contribution in [0.5, 0.6) is 0 Å². The Labute approximate surface area is 140 Å². The number of hydrogen-bond acceptors (Lipinski definition) is 6. The Hall–Kier alpha value is -2.78. The van der Waals surface area contributed by atoms with E-state index in [1.807, 2.05) is 30.3 Å². The molecule has 6 nitrogen and oxygen atoms in total. The van der Waals surface area contributed by atoms with Crippen LogP contribution in [0.25, 0.3) is 0 Å². The van der Waals surface area contributed by atoms with Crippen molar-refractivity contribution in [1.82, 2.24) is 4.90 Å². The van der Waals surface area contributed by atoms with E-state index in [0.717, 1.165) is 37.4 Å². The maximum Gasteiger partial charge on any atom is 0.374 e. The maximum absolute atomic E-state index is 11.7. The van der Waals surface area contributed by atoms with E-state index in [2.05, 4.69) is 15.9 Å². The lowest BCUT2D eigenvalue weighted by atomic mass is 10.1. The van der Waals surface area contributed by atoms with E-state index in [-0.39, 0.29) is 5.76 Å². The van der Waals surface area contributed by atoms with Crippen molar-refractivity contribution in [2.45, 2.75) is 6.54 Å². The van der Waals surface area contributed by atoms with Crippen LogP contribution in [0, 0.1) is 11.3 Å². The minimum absolute atomic E-state index is 0.273. The molecule has 0 spiro atoms. The van der Waals surface area contributed by atoms with Crippen molar-refractivity contribution < 1.29 is 13.9 Å². The molecule has 0 amide bonds. The smallest absolute Gasteiger partial charge is 0.374 e. The highest BCUT2D eigenvalue weighted by molar-refractivity contribution is 5.87. The van der Waals surface area contributed by atoms with Gasteiger partial charge in [-0.3, -0.25) is 4.90 Å². The number of nitriles is 1. The molecule has 2 heterocycles. The number of anilines is 1. The third-order valence-electron chi connectivity index (χ3n) is 4.25. The number of piperazine rings is 1. The fourth-order valence-electron chi connectivity index (χ4n) is 2.96. The minimum atomic E-state index is -0.448. The number of methoxy groups -OCH3 is 1. The number of nitrogens with zero attached hydrogens (tertiary/aromatic N) is 3. The van der Waals surface area contributed by atoms with Crippen LogP contribution in [0.4, 0.5) is 5.69 Å². The zero-order chi connectivity index (χ0) is 16.9. The molecule has 6 heteroatoms. The van der Waals surface area contributed by atoms with Crippen LogP contribution in [0.2, 0.25) is 0 Å². The summed E-state index contributed by atoms with van der Waals surface area (Å²) in [7, 11) is 1.35. The summed E-state index contributed by atoms with van der Waals surface area (Å²) < 4.78 is 9.97. The number of carbonyl (C=O) groups excluding carboxylic acids is 1. The number of ether oxygens (including phenoxy) is 1. The molecule has 1 aliphatic heterocycles. The number of hydrogen-bond donors (Lipinski definition) is 0. The highest BCUT2D eigenvalue weighted by Crippen LogP contribution is 2.22. The van der Waals surface area contributed by atoms with E-state index in [0.29, 0.717) is 12.1 Å². The van der Waals surface area contributed by atoms with Gasteiger partial charge in [-0.1, -0.05) is 12.1 Å². The van der Waals surface area contributed by atoms with Crippen molar-refractivity contribution in [3.05, 3.63) is 53.5 Å². The Morgan fingerprint density at radius 1 is 1.25 bits per heavy atom. The van der Waals surface area contributed by atoms with Gasteiger partial charge in [0.05, 0.1) is 24.6 Å². The van der Waals surface area contributed by atoms with Crippen LogP contribution in [0.15, 0.2) is 41.0 Å². The van der Waals surface area contributed by atoms with Crippen molar-refractivity contribution in [2.24, 2.45) is 0 Å². The summed E-state index contributed by atoms with van der Waals surface area (Å²) in [5, 5.41) is 9.24. The molecular weight excluding hydrogens is 306 g/mol. The number of esters is 1. The molecule has 24 heavy (non-hydrogen) atoms. The predicted octanol–water partition coefficient (Wildman–Crippen LogP) is 2.26. The SMILES string of the molecule is COC(=O)c1occc1CN1CCN(c2ccccc2C#N)CC1. The molecule has 1 aliphatic rings. The van der Waals surface area contributed by atoms with E-state index < -0.39 is 5.97 Å². The predicted molar refractivity (Wildman–Crippen MR) is 88.7 cm³/mol. The molecule has 1 fully saturated rings. The van der Waals surface area contributed by atoms with Gasteiger partial charge in [-0.25, -0.2) is 4.79 Å². The van der Waals surface area contributed by atoms with Gasteiger partial charge >= 0.3 is 5.97 Å². The Bertz CT molecular complexity index is 755. The van der Waals surface area contributed by atoms with Gasteiger partial charge in [0.25, 0.3) is 0 Å². The molecule has 0 N–H and O–H groups in total. The number of carbonyl (C=O) groups is 1. The molecule has 0 unspecified atom stereocenters. The topological polar surface area (TPSA) is 69.7 Å². The zero-order valence-electron chi connectivity index (χ0n) is 13.6. The van der Waals surface area contributed by atoms with Gasteiger partial charge in [0.15, 0.2) is 0 Å². The summed E-state index contributed by atoms with van der Waals surface area (Å²) in [4.78, 5) is 16.2. The zero-order valence-corrected chi connectivity index (χ0v) is 13.6. The Morgan fingerprint density at radius 3 is 2.71 bits per heavy atom. The van der Waals surface area contributed by atoms with Gasteiger partial charge < -0.3 is 14.1 Å². The molecule has 1 aromatic heterocycles. The number of para-hydroxylation sites is 1. The van der Waals surface area contributed by atoms with Crippen LogP contribution < -0.4 is 4.90 Å². The van der Waals surface area contributed by atoms with E-state index in [9.17, 15) is 10.1 Å². The third kappa shape index (κ3) is 3.26. The molecule has 124 valence electrons. The summed E-state index contributed by atoms with van der Waals surface area (Å²) in [6.07, 6.45) is 1.51. The van der Waals surface area contributed by atoms with Crippen LogP contribution in [0.1, 0.15) is 21.7 Å². The summed E-state index contributed by atoms with van der Waals surface area (Å²) in [6.45, 7) is 4.03. The molecule has 3 rings (SSSR count). The van der Waals surface area contributed by atoms with Gasteiger partial charge in [0.2, 0.25) is 5.76 Å². The van der Waals surface area contributed by atoms with E-state index in [1.165, 1.54) is 13.4 Å². The van der Waals surface area contributed by atoms with Crippen LogP contribution in [-0.4, -0.2) is 44.2 Å². The van der Waals surface area contributed by atoms with E-state index in [4.69, 9.17) is 9.15 Å². The quantitative estimate of drug-likeness (QED) is 0.803. The number of benzene rings is 1. The molecule has 0 saturated carbocycles. The van der Waals surface area contributed by atoms with Gasteiger partial charge in [0.1, 0.15) is 6.07 Å². The summed E-state index contributed by atoms with van der Waals surface area (Å²) in [5.74, 6) is -0.175. The fourth-order valence-corrected chi connectivity index (χ4v) is 2.96. The second kappa shape index (κ2) is 7.20. The average Bonchev–Trinajstić information content (AvgIpc) is 3.10. The molecule has 0 radical (unpaired) electrons. The molecule has 0 aliphatic carbocycles. The Morgan fingerprint density at radius 2 is 2.00 bits per heavy atom. The number of rotatable bonds is 4. The van der Waals surface area contributed by atoms with E-state index >= 15 is 0 Å². The van der Waals surface area contributed by atoms with Crippen molar-refractivity contribution in [1.29, 1.82) is 5.26 Å². The Kier molecular flexibility index (Phi) is 4.82. The van der Waals surface area contributed by atoms with Crippen molar-refractivity contribution >= 4 is 11.7 Å². The fraction of sp³-hybridized carbons (Fsp3) is 0.333. The first-order chi connectivity index (χ1) is 11.7. The second-order valence-corrected chi connectivity index (χ2v) is 5.66. The lowest BCUT2D eigenvalue weighted by Crippen LogP contribution is -2.46. The lowest BCUT2D eigenvalue weighted by molar-refractivity contribution is 0.0561. The van der Waals surface area contributed by atoms with Gasteiger partial charge in [-0.2, -0.15) is 5.26 Å². The molecule has 1 aromatic carbocycles. The first kappa shape index (κ1) is 16.1. The molecule has 1 saturated heterocycles. The Balaban J connectivity index is 1.63. The first-order valence-electron chi connectivity index (χ1n) is 7.84. The molecular formula is C18H19N3O3. The first-order valence-corrected chi connectivity index (χ1v) is 7.84. The van der Waals surface area contributed by atoms with Gasteiger partial charge in [0, 0.05) is 38.3 Å². The van der Waals surface area contributed by atoms with Gasteiger partial charge in [-0.15, -0.1) is 0 Å². The van der Waals surface area contributed by atoms with Crippen molar-refractivity contribution in [3.8, 4) is 6.07 Å². The summed E-state index contributed by atoms with van der Waals surface area (Å²) in [6, 6.07) is 11.7. The largest absolute Gasteiger partial charge is 0.463 e. The van der Waals surface area contributed by atoms with Crippen LogP contribution in [0.3, 0.4) is 0 Å². The van der Waals surface area contributed by atoms with E-state index in [1.54, 1.807) is 0 Å².